The Morgan fingerprint density at radius 1 is 0.655 bits per heavy atom. The zero-order valence-corrected chi connectivity index (χ0v) is 37.5. The Balaban J connectivity index is 1.51. The molecule has 1 aromatic carbocycles. The standard InChI is InChI=1S/C47H79N3O8/c1-9-11-13-15-17-19-21-26-42(51)55-34-40(32-49-30-36(49)3)57-44(53)29-46(5,6)38-24-23-25-39(28-38)47(7,8)48-45(54)58-41(33-50-31-37(50)4)35-56-43(52)27-22-20-18-16-14-12-10-2/h23-25,28,36-37,40-41H,9-22,26-27,29-35H2,1-8H3,(H,48,54). The van der Waals surface area contributed by atoms with Crippen LogP contribution in [-0.4, -0.2) is 97.5 Å². The van der Waals surface area contributed by atoms with E-state index in [0.29, 0.717) is 38.0 Å². The van der Waals surface area contributed by atoms with E-state index in [1.165, 1.54) is 51.4 Å². The number of esters is 3. The van der Waals surface area contributed by atoms with Gasteiger partial charge >= 0.3 is 24.0 Å². The molecule has 6 atom stereocenters. The maximum atomic E-state index is 13.4. The second kappa shape index (κ2) is 25.4. The Morgan fingerprint density at radius 2 is 1.09 bits per heavy atom. The van der Waals surface area contributed by atoms with Crippen molar-refractivity contribution in [2.45, 2.75) is 200 Å². The van der Waals surface area contributed by atoms with E-state index in [2.05, 4.69) is 42.8 Å². The van der Waals surface area contributed by atoms with Crippen LogP contribution in [0.25, 0.3) is 0 Å². The molecule has 2 aliphatic rings. The Kier molecular flexibility index (Phi) is 21.6. The molecule has 0 radical (unpaired) electrons. The van der Waals surface area contributed by atoms with Gasteiger partial charge in [-0.25, -0.2) is 4.79 Å². The van der Waals surface area contributed by atoms with E-state index in [1.54, 1.807) is 0 Å². The Labute approximate surface area is 351 Å². The van der Waals surface area contributed by atoms with E-state index in [4.69, 9.17) is 18.9 Å². The van der Waals surface area contributed by atoms with Gasteiger partial charge in [-0.2, -0.15) is 0 Å². The van der Waals surface area contributed by atoms with E-state index in [0.717, 1.165) is 62.7 Å². The normalized spacial score (nSPS) is 19.8. The molecular formula is C47H79N3O8. The summed E-state index contributed by atoms with van der Waals surface area (Å²) < 4.78 is 23.0. The number of amides is 1. The highest BCUT2D eigenvalue weighted by Gasteiger charge is 2.36. The molecule has 2 aliphatic heterocycles. The quantitative estimate of drug-likeness (QED) is 0.0336. The van der Waals surface area contributed by atoms with Gasteiger partial charge in [-0.3, -0.25) is 24.2 Å². The fourth-order valence-corrected chi connectivity index (χ4v) is 7.36. The van der Waals surface area contributed by atoms with Crippen molar-refractivity contribution in [3.8, 4) is 0 Å². The summed E-state index contributed by atoms with van der Waals surface area (Å²) in [7, 11) is 0. The average Bonchev–Trinajstić information content (AvgIpc) is 4.07. The first-order chi connectivity index (χ1) is 27.6. The molecule has 1 amide bonds. The molecule has 11 nitrogen and oxygen atoms in total. The summed E-state index contributed by atoms with van der Waals surface area (Å²) in [5.41, 5.74) is 0.370. The molecule has 11 heteroatoms. The lowest BCUT2D eigenvalue weighted by atomic mass is 9.79. The highest BCUT2D eigenvalue weighted by molar-refractivity contribution is 5.72. The summed E-state index contributed by atoms with van der Waals surface area (Å²) in [6, 6.07) is 8.69. The lowest BCUT2D eigenvalue weighted by Crippen LogP contribution is -2.44. The summed E-state index contributed by atoms with van der Waals surface area (Å²) in [6.07, 6.45) is 14.9. The Morgan fingerprint density at radius 3 is 1.55 bits per heavy atom. The van der Waals surface area contributed by atoms with Crippen LogP contribution in [0.3, 0.4) is 0 Å². The van der Waals surface area contributed by atoms with E-state index in [-0.39, 0.29) is 37.5 Å². The van der Waals surface area contributed by atoms with Crippen molar-refractivity contribution in [2.75, 3.05) is 39.4 Å². The van der Waals surface area contributed by atoms with Gasteiger partial charge in [0.1, 0.15) is 19.3 Å². The maximum Gasteiger partial charge on any atom is 0.408 e. The predicted molar refractivity (Wildman–Crippen MR) is 230 cm³/mol. The lowest BCUT2D eigenvalue weighted by molar-refractivity contribution is -0.160. The minimum absolute atomic E-state index is 0.0196. The lowest BCUT2D eigenvalue weighted by Gasteiger charge is -2.31. The zero-order chi connectivity index (χ0) is 42.6. The van der Waals surface area contributed by atoms with Crippen LogP contribution >= 0.6 is 0 Å². The third-order valence-corrected chi connectivity index (χ3v) is 11.6. The number of nitrogens with zero attached hydrogens (tertiary/aromatic N) is 2. The van der Waals surface area contributed by atoms with Gasteiger partial charge in [-0.05, 0) is 51.7 Å². The zero-order valence-electron chi connectivity index (χ0n) is 37.5. The number of unbranched alkanes of at least 4 members (excludes halogenated alkanes) is 12. The number of benzene rings is 1. The number of ether oxygens (including phenoxy) is 4. The number of nitrogens with one attached hydrogen (secondary N) is 1. The van der Waals surface area contributed by atoms with Crippen LogP contribution in [0.4, 0.5) is 4.79 Å². The minimum Gasteiger partial charge on any atom is -0.462 e. The largest absolute Gasteiger partial charge is 0.462 e. The number of carbonyl (C=O) groups is 4. The molecule has 3 rings (SSSR count). The number of hydrogen-bond acceptors (Lipinski definition) is 10. The van der Waals surface area contributed by atoms with Gasteiger partial charge in [0.2, 0.25) is 0 Å². The van der Waals surface area contributed by atoms with Crippen molar-refractivity contribution < 1.29 is 38.1 Å². The van der Waals surface area contributed by atoms with E-state index in [1.807, 2.05) is 52.0 Å². The maximum absolute atomic E-state index is 13.4. The molecule has 1 N–H and O–H groups in total. The highest BCUT2D eigenvalue weighted by atomic mass is 16.6. The SMILES string of the molecule is CCCCCCCCCC(=O)OCC(CN1CC1C)OC(=O)CC(C)(C)c1cccc(C(C)(C)NC(=O)OC(COC(=O)CCCCCCCCC)CN2CC2C)c1. The Bertz CT molecular complexity index is 1300. The highest BCUT2D eigenvalue weighted by Crippen LogP contribution is 2.32. The second-order valence-corrected chi connectivity index (χ2v) is 18.2. The smallest absolute Gasteiger partial charge is 0.408 e. The van der Waals surface area contributed by atoms with Crippen LogP contribution in [-0.2, 0) is 44.3 Å². The number of carbonyl (C=O) groups excluding carboxylic acids is 4. The predicted octanol–water partition coefficient (Wildman–Crippen LogP) is 9.37. The van der Waals surface area contributed by atoms with E-state index < -0.39 is 29.3 Å². The van der Waals surface area contributed by atoms with Crippen molar-refractivity contribution in [1.29, 1.82) is 0 Å². The van der Waals surface area contributed by atoms with Gasteiger partial charge in [-0.1, -0.05) is 129 Å². The van der Waals surface area contributed by atoms with Crippen LogP contribution in [0, 0.1) is 0 Å². The van der Waals surface area contributed by atoms with Gasteiger partial charge in [0.05, 0.1) is 12.0 Å². The summed E-state index contributed by atoms with van der Waals surface area (Å²) >= 11 is 0. The number of rotatable bonds is 31. The minimum atomic E-state index is -0.811. The van der Waals surface area contributed by atoms with Crippen molar-refractivity contribution in [2.24, 2.45) is 0 Å². The summed E-state index contributed by atoms with van der Waals surface area (Å²) in [6.45, 7) is 19.4. The van der Waals surface area contributed by atoms with Crippen molar-refractivity contribution >= 4 is 24.0 Å². The third-order valence-electron chi connectivity index (χ3n) is 11.6. The molecule has 0 spiro atoms. The van der Waals surface area contributed by atoms with Gasteiger partial charge in [0.15, 0.2) is 6.10 Å². The monoisotopic (exact) mass is 814 g/mol. The first-order valence-electron chi connectivity index (χ1n) is 22.7. The molecule has 2 fully saturated rings. The summed E-state index contributed by atoms with van der Waals surface area (Å²) in [4.78, 5) is 56.2. The molecule has 0 aromatic heterocycles. The molecule has 0 saturated carbocycles. The molecule has 58 heavy (non-hydrogen) atoms. The van der Waals surface area contributed by atoms with Gasteiger partial charge in [-0.15, -0.1) is 0 Å². The first kappa shape index (κ1) is 49.2. The van der Waals surface area contributed by atoms with Gasteiger partial charge in [0, 0.05) is 56.5 Å². The molecule has 2 heterocycles. The van der Waals surface area contributed by atoms with Crippen molar-refractivity contribution in [3.63, 3.8) is 0 Å². The van der Waals surface area contributed by atoms with E-state index >= 15 is 0 Å². The fourth-order valence-electron chi connectivity index (χ4n) is 7.36. The molecule has 0 bridgehead atoms. The van der Waals surface area contributed by atoms with Crippen LogP contribution in [0.2, 0.25) is 0 Å². The van der Waals surface area contributed by atoms with Crippen molar-refractivity contribution in [3.05, 3.63) is 35.4 Å². The van der Waals surface area contributed by atoms with Crippen LogP contribution < -0.4 is 5.32 Å². The summed E-state index contributed by atoms with van der Waals surface area (Å²) in [5.74, 6) is -0.851. The first-order valence-corrected chi connectivity index (χ1v) is 22.7. The molecule has 2 saturated heterocycles. The van der Waals surface area contributed by atoms with Crippen LogP contribution in [0.1, 0.15) is 176 Å². The van der Waals surface area contributed by atoms with Gasteiger partial charge < -0.3 is 24.3 Å². The van der Waals surface area contributed by atoms with Crippen LogP contribution in [0.15, 0.2) is 24.3 Å². The molecule has 330 valence electrons. The third kappa shape index (κ3) is 19.7. The number of alkyl carbamates (subject to hydrolysis) is 1. The summed E-state index contributed by atoms with van der Waals surface area (Å²) in [5, 5.41) is 3.02. The van der Waals surface area contributed by atoms with Gasteiger partial charge in [0.25, 0.3) is 0 Å². The van der Waals surface area contributed by atoms with E-state index in [9.17, 15) is 19.2 Å². The fraction of sp³-hybridized carbons (Fsp3) is 0.787. The molecule has 1 aromatic rings. The molecule has 6 unspecified atom stereocenters. The topological polar surface area (TPSA) is 123 Å². The Hall–Kier alpha value is -3.18. The molecule has 0 aliphatic carbocycles. The average molecular weight is 814 g/mol. The molecular weight excluding hydrogens is 735 g/mol. The second-order valence-electron chi connectivity index (χ2n) is 18.2. The van der Waals surface area contributed by atoms with Crippen LogP contribution in [0.5, 0.6) is 0 Å². The number of hydrogen-bond donors (Lipinski definition) is 1. The van der Waals surface area contributed by atoms with Crippen molar-refractivity contribution in [1.82, 2.24) is 15.1 Å².